The number of nitrogens with one attached hydrogen (secondary N) is 1. The zero-order chi connectivity index (χ0) is 25.1. The number of anilines is 1. The van der Waals surface area contributed by atoms with Gasteiger partial charge in [0.2, 0.25) is 0 Å². The molecule has 5 nitrogen and oxygen atoms in total. The summed E-state index contributed by atoms with van der Waals surface area (Å²) in [7, 11) is 0. The third-order valence-corrected chi connectivity index (χ3v) is 6.99. The van der Waals surface area contributed by atoms with Gasteiger partial charge in [0.25, 0.3) is 5.91 Å². The average molecular weight is 594 g/mol. The lowest BCUT2D eigenvalue weighted by molar-refractivity contribution is 0.102. The van der Waals surface area contributed by atoms with E-state index in [2.05, 4.69) is 26.3 Å². The van der Waals surface area contributed by atoms with E-state index in [9.17, 15) is 4.79 Å². The number of amides is 1. The van der Waals surface area contributed by atoms with Gasteiger partial charge in [-0.15, -0.1) is 0 Å². The van der Waals surface area contributed by atoms with Crippen molar-refractivity contribution in [2.75, 3.05) is 5.32 Å². The SMILES string of the molecule is Cc1nn(Cc2c(Cl)cccc2Cl)c(C)c1NC(=O)c1ccc(COc2ccc(Br)cc2Cl)cc1. The Bertz CT molecular complexity index is 1370. The van der Waals surface area contributed by atoms with Gasteiger partial charge in [-0.3, -0.25) is 9.48 Å². The minimum atomic E-state index is -0.227. The van der Waals surface area contributed by atoms with Gasteiger partial charge in [-0.25, -0.2) is 0 Å². The normalized spacial score (nSPS) is 10.9. The standard InChI is InChI=1S/C26H21BrCl3N3O2/c1-15-25(16(2)33(32-15)13-20-21(28)4-3-5-22(20)29)31-26(34)18-8-6-17(7-9-18)14-35-24-11-10-19(27)12-23(24)30/h3-12H,13-14H2,1-2H3,(H,31,34). The molecule has 0 saturated carbocycles. The van der Waals surface area contributed by atoms with Crippen molar-refractivity contribution in [3.63, 3.8) is 0 Å². The van der Waals surface area contributed by atoms with Crippen molar-refractivity contribution in [2.45, 2.75) is 27.0 Å². The molecule has 180 valence electrons. The van der Waals surface area contributed by atoms with Crippen molar-refractivity contribution in [1.29, 1.82) is 0 Å². The van der Waals surface area contributed by atoms with Crippen molar-refractivity contribution in [1.82, 2.24) is 9.78 Å². The summed E-state index contributed by atoms with van der Waals surface area (Å²) in [6.45, 7) is 4.48. The Morgan fingerprint density at radius 1 is 1.00 bits per heavy atom. The largest absolute Gasteiger partial charge is 0.487 e. The molecule has 0 bridgehead atoms. The summed E-state index contributed by atoms with van der Waals surface area (Å²) in [5, 5.41) is 9.22. The molecule has 4 aromatic rings. The van der Waals surface area contributed by atoms with Gasteiger partial charge in [0.05, 0.1) is 28.6 Å². The van der Waals surface area contributed by atoms with Crippen LogP contribution in [0, 0.1) is 13.8 Å². The van der Waals surface area contributed by atoms with Gasteiger partial charge in [0.15, 0.2) is 0 Å². The van der Waals surface area contributed by atoms with Gasteiger partial charge < -0.3 is 10.1 Å². The fraction of sp³-hybridized carbons (Fsp3) is 0.154. The van der Waals surface area contributed by atoms with Crippen LogP contribution in [0.15, 0.2) is 65.1 Å². The van der Waals surface area contributed by atoms with Crippen LogP contribution in [0.2, 0.25) is 15.1 Å². The molecule has 0 saturated heterocycles. The molecule has 0 aliphatic carbocycles. The molecule has 0 spiro atoms. The van der Waals surface area contributed by atoms with Crippen LogP contribution in [-0.4, -0.2) is 15.7 Å². The number of aryl methyl sites for hydroxylation is 1. The van der Waals surface area contributed by atoms with E-state index in [1.54, 1.807) is 47.1 Å². The molecule has 9 heteroatoms. The first-order chi connectivity index (χ1) is 16.7. The summed E-state index contributed by atoms with van der Waals surface area (Å²) in [6.07, 6.45) is 0. The summed E-state index contributed by atoms with van der Waals surface area (Å²) in [6, 6.07) is 18.1. The second kappa shape index (κ2) is 11.0. The molecule has 1 amide bonds. The van der Waals surface area contributed by atoms with Crippen LogP contribution in [0.3, 0.4) is 0 Å². The highest BCUT2D eigenvalue weighted by molar-refractivity contribution is 9.10. The Morgan fingerprint density at radius 2 is 1.69 bits per heavy atom. The second-order valence-corrected chi connectivity index (χ2v) is 10.1. The quantitative estimate of drug-likeness (QED) is 0.236. The molecular weight excluding hydrogens is 573 g/mol. The second-order valence-electron chi connectivity index (χ2n) is 7.92. The summed E-state index contributed by atoms with van der Waals surface area (Å²) in [5.74, 6) is 0.368. The molecule has 1 aromatic heterocycles. The van der Waals surface area contributed by atoms with Crippen LogP contribution < -0.4 is 10.1 Å². The maximum Gasteiger partial charge on any atom is 0.255 e. The molecule has 1 heterocycles. The molecule has 3 aromatic carbocycles. The minimum absolute atomic E-state index is 0.227. The van der Waals surface area contributed by atoms with E-state index in [0.717, 1.165) is 21.3 Å². The van der Waals surface area contributed by atoms with Crippen LogP contribution in [0.25, 0.3) is 0 Å². The first-order valence-electron chi connectivity index (χ1n) is 10.7. The van der Waals surface area contributed by atoms with Gasteiger partial charge in [-0.2, -0.15) is 5.10 Å². The van der Waals surface area contributed by atoms with Crippen molar-refractivity contribution in [2.24, 2.45) is 0 Å². The number of carbonyl (C=O) groups excluding carboxylic acids is 1. The van der Waals surface area contributed by atoms with E-state index in [1.807, 2.05) is 32.0 Å². The highest BCUT2D eigenvalue weighted by Gasteiger charge is 2.17. The summed E-state index contributed by atoms with van der Waals surface area (Å²) >= 11 is 22.2. The number of ether oxygens (including phenoxy) is 1. The van der Waals surface area contributed by atoms with E-state index in [0.29, 0.717) is 50.9 Å². The van der Waals surface area contributed by atoms with Crippen LogP contribution >= 0.6 is 50.7 Å². The van der Waals surface area contributed by atoms with Crippen LogP contribution in [0.5, 0.6) is 5.75 Å². The highest BCUT2D eigenvalue weighted by atomic mass is 79.9. The van der Waals surface area contributed by atoms with Crippen molar-refractivity contribution in [3.05, 3.63) is 108 Å². The fourth-order valence-corrected chi connectivity index (χ4v) is 4.80. The minimum Gasteiger partial charge on any atom is -0.487 e. The Morgan fingerprint density at radius 3 is 2.34 bits per heavy atom. The number of aromatic nitrogens is 2. The number of hydrogen-bond acceptors (Lipinski definition) is 3. The Labute approximate surface area is 227 Å². The fourth-order valence-electron chi connectivity index (χ4n) is 3.56. The van der Waals surface area contributed by atoms with Crippen LogP contribution in [0.4, 0.5) is 5.69 Å². The molecule has 0 atom stereocenters. The van der Waals surface area contributed by atoms with Crippen molar-refractivity contribution < 1.29 is 9.53 Å². The smallest absolute Gasteiger partial charge is 0.255 e. The predicted molar refractivity (Wildman–Crippen MR) is 145 cm³/mol. The molecule has 35 heavy (non-hydrogen) atoms. The van der Waals surface area contributed by atoms with Gasteiger partial charge in [0.1, 0.15) is 12.4 Å². The maximum atomic E-state index is 12.9. The molecule has 0 radical (unpaired) electrons. The zero-order valence-electron chi connectivity index (χ0n) is 18.9. The molecule has 0 aliphatic rings. The van der Waals surface area contributed by atoms with Crippen LogP contribution in [-0.2, 0) is 13.2 Å². The topological polar surface area (TPSA) is 56.2 Å². The van der Waals surface area contributed by atoms with Crippen molar-refractivity contribution >= 4 is 62.3 Å². The number of halogens is 4. The molecule has 4 rings (SSSR count). The summed E-state index contributed by atoms with van der Waals surface area (Å²) < 4.78 is 8.46. The molecular formula is C26H21BrCl3N3O2. The van der Waals surface area contributed by atoms with E-state index in [1.165, 1.54) is 0 Å². The van der Waals surface area contributed by atoms with Gasteiger partial charge in [-0.05, 0) is 61.9 Å². The number of carbonyl (C=O) groups is 1. The highest BCUT2D eigenvalue weighted by Crippen LogP contribution is 2.29. The summed E-state index contributed by atoms with van der Waals surface area (Å²) in [5.41, 5.74) is 4.39. The Hall–Kier alpha value is -2.51. The average Bonchev–Trinajstić information content (AvgIpc) is 3.08. The lowest BCUT2D eigenvalue weighted by atomic mass is 10.1. The van der Waals surface area contributed by atoms with Crippen LogP contribution in [0.1, 0.15) is 32.9 Å². The molecule has 0 aliphatic heterocycles. The monoisotopic (exact) mass is 591 g/mol. The molecule has 0 unspecified atom stereocenters. The van der Waals surface area contributed by atoms with E-state index < -0.39 is 0 Å². The number of nitrogens with zero attached hydrogens (tertiary/aromatic N) is 2. The number of rotatable bonds is 7. The first-order valence-corrected chi connectivity index (χ1v) is 12.6. The Balaban J connectivity index is 1.43. The maximum absolute atomic E-state index is 12.9. The van der Waals surface area contributed by atoms with Gasteiger partial charge in [0, 0.05) is 25.6 Å². The van der Waals surface area contributed by atoms with Gasteiger partial charge >= 0.3 is 0 Å². The van der Waals surface area contributed by atoms with Gasteiger partial charge in [-0.1, -0.05) is 68.9 Å². The zero-order valence-corrected chi connectivity index (χ0v) is 22.8. The number of benzene rings is 3. The third kappa shape index (κ3) is 6.01. The molecule has 1 N–H and O–H groups in total. The predicted octanol–water partition coefficient (Wildman–Crippen LogP) is 8.10. The van der Waals surface area contributed by atoms with E-state index in [4.69, 9.17) is 39.5 Å². The lowest BCUT2D eigenvalue weighted by Crippen LogP contribution is -2.13. The van der Waals surface area contributed by atoms with E-state index >= 15 is 0 Å². The Kier molecular flexibility index (Phi) is 8.07. The summed E-state index contributed by atoms with van der Waals surface area (Å²) in [4.78, 5) is 12.9. The van der Waals surface area contributed by atoms with Crippen molar-refractivity contribution in [3.8, 4) is 5.75 Å². The third-order valence-electron chi connectivity index (χ3n) is 5.49. The van der Waals surface area contributed by atoms with E-state index in [-0.39, 0.29) is 5.91 Å². The lowest BCUT2D eigenvalue weighted by Gasteiger charge is -2.10. The first kappa shape index (κ1) is 25.6. The number of hydrogen-bond donors (Lipinski definition) is 1. The molecule has 0 fully saturated rings.